The van der Waals surface area contributed by atoms with Crippen LogP contribution in [0.1, 0.15) is 16.9 Å². The van der Waals surface area contributed by atoms with Gasteiger partial charge in [-0.3, -0.25) is 4.79 Å². The maximum Gasteiger partial charge on any atom is 0.226 e. The van der Waals surface area contributed by atoms with Crippen LogP contribution in [0.15, 0.2) is 41.1 Å². The lowest BCUT2D eigenvalue weighted by Gasteiger charge is -2.02. The van der Waals surface area contributed by atoms with E-state index in [0.717, 1.165) is 36.5 Å². The summed E-state index contributed by atoms with van der Waals surface area (Å²) < 4.78 is 5.53. The zero-order valence-electron chi connectivity index (χ0n) is 13.0. The molecule has 4 nitrogen and oxygen atoms in total. The smallest absolute Gasteiger partial charge is 0.226 e. The molecule has 0 saturated carbocycles. The molecule has 3 aromatic rings. The van der Waals surface area contributed by atoms with Gasteiger partial charge in [-0.2, -0.15) is 0 Å². The van der Waals surface area contributed by atoms with E-state index in [0.29, 0.717) is 11.6 Å². The summed E-state index contributed by atoms with van der Waals surface area (Å²) in [6.45, 7) is 0.751. The molecule has 0 radical (unpaired) electrons. The van der Waals surface area contributed by atoms with Gasteiger partial charge in [-0.15, -0.1) is 22.7 Å². The molecule has 3 heterocycles. The van der Waals surface area contributed by atoms with E-state index in [4.69, 9.17) is 4.74 Å². The predicted octanol–water partition coefficient (Wildman–Crippen LogP) is 4.38. The van der Waals surface area contributed by atoms with Gasteiger partial charge in [0, 0.05) is 28.7 Å². The number of ether oxygens (including phenoxy) is 1. The van der Waals surface area contributed by atoms with E-state index in [1.165, 1.54) is 21.8 Å². The molecule has 0 spiro atoms. The Morgan fingerprint density at radius 3 is 3.12 bits per heavy atom. The molecular formula is C18H16N2O2S2. The minimum absolute atomic E-state index is 0.00616. The first-order valence-electron chi connectivity index (χ1n) is 7.82. The number of nitrogens with zero attached hydrogens (tertiary/aromatic N) is 1. The molecule has 0 fully saturated rings. The van der Waals surface area contributed by atoms with Crippen molar-refractivity contribution in [1.82, 2.24) is 4.98 Å². The van der Waals surface area contributed by atoms with Gasteiger partial charge in [-0.1, -0.05) is 6.07 Å². The van der Waals surface area contributed by atoms with Crippen LogP contribution in [0.4, 0.5) is 5.13 Å². The maximum atomic E-state index is 12.1. The van der Waals surface area contributed by atoms with Crippen molar-refractivity contribution in [2.75, 3.05) is 11.9 Å². The lowest BCUT2D eigenvalue weighted by Crippen LogP contribution is -2.11. The Hall–Kier alpha value is -2.18. The average molecular weight is 356 g/mol. The van der Waals surface area contributed by atoms with Crippen molar-refractivity contribution in [2.24, 2.45) is 0 Å². The number of carbonyl (C=O) groups is 1. The van der Waals surface area contributed by atoms with E-state index in [9.17, 15) is 4.79 Å². The number of nitrogens with one attached hydrogen (secondary N) is 1. The number of anilines is 1. The lowest BCUT2D eigenvalue weighted by molar-refractivity contribution is -0.116. The Kier molecular flexibility index (Phi) is 4.32. The number of hydrogen-bond acceptors (Lipinski definition) is 5. The topological polar surface area (TPSA) is 51.2 Å². The van der Waals surface area contributed by atoms with Crippen LogP contribution in [0.3, 0.4) is 0 Å². The third-order valence-electron chi connectivity index (χ3n) is 3.91. The van der Waals surface area contributed by atoms with Gasteiger partial charge in [0.05, 0.1) is 12.3 Å². The number of hydrogen-bond donors (Lipinski definition) is 1. The van der Waals surface area contributed by atoms with Crippen molar-refractivity contribution in [3.05, 3.63) is 51.5 Å². The average Bonchev–Trinajstić information content (AvgIpc) is 3.33. The molecule has 6 heteroatoms. The molecule has 0 saturated heterocycles. The first-order chi connectivity index (χ1) is 11.8. The number of thiazole rings is 1. The molecule has 1 amide bonds. The number of aromatic nitrogens is 1. The van der Waals surface area contributed by atoms with E-state index in [-0.39, 0.29) is 5.91 Å². The van der Waals surface area contributed by atoms with Gasteiger partial charge < -0.3 is 10.1 Å². The SMILES string of the molecule is O=C(CCc1cccs1)Nc1nc(-c2ccc3c(c2)CCO3)cs1. The highest BCUT2D eigenvalue weighted by molar-refractivity contribution is 7.14. The van der Waals surface area contributed by atoms with Crippen LogP contribution in [0.5, 0.6) is 5.75 Å². The van der Waals surface area contributed by atoms with Gasteiger partial charge in [0.1, 0.15) is 5.75 Å². The Morgan fingerprint density at radius 2 is 2.25 bits per heavy atom. The second-order valence-electron chi connectivity index (χ2n) is 5.59. The quantitative estimate of drug-likeness (QED) is 0.738. The van der Waals surface area contributed by atoms with Crippen LogP contribution in [0, 0.1) is 0 Å². The van der Waals surface area contributed by atoms with Gasteiger partial charge >= 0.3 is 0 Å². The summed E-state index contributed by atoms with van der Waals surface area (Å²) in [5, 5.41) is 7.55. The molecule has 0 unspecified atom stereocenters. The van der Waals surface area contributed by atoms with Crippen molar-refractivity contribution >= 4 is 33.7 Å². The molecule has 1 aliphatic rings. The zero-order valence-corrected chi connectivity index (χ0v) is 14.6. The van der Waals surface area contributed by atoms with E-state index in [2.05, 4.69) is 22.4 Å². The van der Waals surface area contributed by atoms with E-state index >= 15 is 0 Å². The first kappa shape index (κ1) is 15.4. The zero-order chi connectivity index (χ0) is 16.4. The Morgan fingerprint density at radius 1 is 1.29 bits per heavy atom. The molecular weight excluding hydrogens is 340 g/mol. The molecule has 2 aromatic heterocycles. The second kappa shape index (κ2) is 6.75. The highest BCUT2D eigenvalue weighted by Crippen LogP contribution is 2.31. The van der Waals surface area contributed by atoms with Crippen LogP contribution in [-0.2, 0) is 17.6 Å². The summed E-state index contributed by atoms with van der Waals surface area (Å²) in [6.07, 6.45) is 2.19. The van der Waals surface area contributed by atoms with Crippen LogP contribution >= 0.6 is 22.7 Å². The standard InChI is InChI=1S/C18H16N2O2S2/c21-17(6-4-14-2-1-9-23-14)20-18-19-15(11-24-18)12-3-5-16-13(10-12)7-8-22-16/h1-3,5,9-11H,4,6-8H2,(H,19,20,21). The second-order valence-corrected chi connectivity index (χ2v) is 7.48. The van der Waals surface area contributed by atoms with Crippen LogP contribution in [0.25, 0.3) is 11.3 Å². The maximum absolute atomic E-state index is 12.1. The summed E-state index contributed by atoms with van der Waals surface area (Å²) in [7, 11) is 0. The van der Waals surface area contributed by atoms with E-state index in [1.54, 1.807) is 11.3 Å². The van der Waals surface area contributed by atoms with E-state index in [1.807, 2.05) is 29.0 Å². The minimum Gasteiger partial charge on any atom is -0.493 e. The molecule has 1 aliphatic heterocycles. The number of amides is 1. The van der Waals surface area contributed by atoms with Gasteiger partial charge in [0.15, 0.2) is 5.13 Å². The normalized spacial score (nSPS) is 12.7. The largest absolute Gasteiger partial charge is 0.493 e. The summed E-state index contributed by atoms with van der Waals surface area (Å²) in [6, 6.07) is 10.2. The molecule has 122 valence electrons. The van der Waals surface area contributed by atoms with Gasteiger partial charge in [-0.25, -0.2) is 4.98 Å². The van der Waals surface area contributed by atoms with Gasteiger partial charge in [-0.05, 0) is 41.6 Å². The van der Waals surface area contributed by atoms with E-state index < -0.39 is 0 Å². The molecule has 0 atom stereocenters. The lowest BCUT2D eigenvalue weighted by atomic mass is 10.1. The third-order valence-corrected chi connectivity index (χ3v) is 5.61. The molecule has 1 aromatic carbocycles. The fourth-order valence-corrected chi connectivity index (χ4v) is 4.13. The summed E-state index contributed by atoms with van der Waals surface area (Å²) >= 11 is 3.14. The van der Waals surface area contributed by atoms with Gasteiger partial charge in [0.2, 0.25) is 5.91 Å². The first-order valence-corrected chi connectivity index (χ1v) is 9.58. The summed E-state index contributed by atoms with van der Waals surface area (Å²) in [5.74, 6) is 0.975. The molecule has 0 bridgehead atoms. The Balaban J connectivity index is 1.40. The highest BCUT2D eigenvalue weighted by atomic mass is 32.1. The number of rotatable bonds is 5. The fraction of sp³-hybridized carbons (Fsp3) is 0.222. The van der Waals surface area contributed by atoms with Crippen LogP contribution < -0.4 is 10.1 Å². The minimum atomic E-state index is 0.00616. The van der Waals surface area contributed by atoms with Crippen molar-refractivity contribution in [3.8, 4) is 17.0 Å². The number of thiophene rings is 1. The highest BCUT2D eigenvalue weighted by Gasteiger charge is 2.14. The Labute approximate surface area is 148 Å². The Bertz CT molecular complexity index is 856. The van der Waals surface area contributed by atoms with Crippen LogP contribution in [-0.4, -0.2) is 17.5 Å². The predicted molar refractivity (Wildman–Crippen MR) is 98.0 cm³/mol. The van der Waals surface area contributed by atoms with Crippen LogP contribution in [0.2, 0.25) is 0 Å². The molecule has 24 heavy (non-hydrogen) atoms. The number of carbonyl (C=O) groups excluding carboxylic acids is 1. The van der Waals surface area contributed by atoms with Crippen molar-refractivity contribution in [1.29, 1.82) is 0 Å². The van der Waals surface area contributed by atoms with Crippen molar-refractivity contribution in [2.45, 2.75) is 19.3 Å². The van der Waals surface area contributed by atoms with Gasteiger partial charge in [0.25, 0.3) is 0 Å². The fourth-order valence-electron chi connectivity index (χ4n) is 2.68. The number of aryl methyl sites for hydroxylation is 1. The number of fused-ring (bicyclic) bond motifs is 1. The third kappa shape index (κ3) is 3.34. The molecule has 0 aliphatic carbocycles. The summed E-state index contributed by atoms with van der Waals surface area (Å²) in [5.41, 5.74) is 3.18. The molecule has 4 rings (SSSR count). The van der Waals surface area contributed by atoms with Crippen molar-refractivity contribution < 1.29 is 9.53 Å². The number of benzene rings is 1. The monoisotopic (exact) mass is 356 g/mol. The van der Waals surface area contributed by atoms with Crippen molar-refractivity contribution in [3.63, 3.8) is 0 Å². The molecule has 1 N–H and O–H groups in total. The summed E-state index contributed by atoms with van der Waals surface area (Å²) in [4.78, 5) is 17.8.